The first-order valence-corrected chi connectivity index (χ1v) is 6.63. The van der Waals surface area contributed by atoms with Gasteiger partial charge in [-0.15, -0.1) is 0 Å². The summed E-state index contributed by atoms with van der Waals surface area (Å²) in [5, 5.41) is 17.1. The van der Waals surface area contributed by atoms with E-state index in [0.717, 1.165) is 25.7 Å². The summed E-state index contributed by atoms with van der Waals surface area (Å²) in [6.45, 7) is 0. The maximum Gasteiger partial charge on any atom is 0.269 e. The minimum Gasteiger partial charge on any atom is -0.388 e. The van der Waals surface area contributed by atoms with Crippen molar-refractivity contribution < 1.29 is 14.6 Å². The molecule has 1 saturated carbocycles. The number of carbonyl (C=O) groups excluding carboxylic acids is 1. The summed E-state index contributed by atoms with van der Waals surface area (Å²) in [5.74, 6) is -0.208. The van der Waals surface area contributed by atoms with E-state index in [0.29, 0.717) is 5.69 Å². The number of hydrogen-bond acceptors (Lipinski definition) is 4. The molecule has 3 atom stereocenters. The smallest absolute Gasteiger partial charge is 0.269 e. The second-order valence-electron chi connectivity index (χ2n) is 4.97. The van der Waals surface area contributed by atoms with Crippen LogP contribution in [0.3, 0.4) is 0 Å². The Bertz CT molecular complexity index is 433. The molecule has 1 aromatic rings. The molecule has 2 rings (SSSR count). The number of aromatic nitrogens is 2. The molecule has 0 saturated heterocycles. The third-order valence-corrected chi connectivity index (χ3v) is 3.72. The third kappa shape index (κ3) is 3.13. The van der Waals surface area contributed by atoms with E-state index in [4.69, 9.17) is 4.74 Å². The molecule has 6 heteroatoms. The van der Waals surface area contributed by atoms with Crippen molar-refractivity contribution in [1.29, 1.82) is 0 Å². The van der Waals surface area contributed by atoms with Gasteiger partial charge in [0.15, 0.2) is 0 Å². The van der Waals surface area contributed by atoms with E-state index in [9.17, 15) is 9.90 Å². The van der Waals surface area contributed by atoms with Gasteiger partial charge in [0, 0.05) is 20.4 Å². The summed E-state index contributed by atoms with van der Waals surface area (Å²) in [4.78, 5) is 12.1. The lowest BCUT2D eigenvalue weighted by Crippen LogP contribution is -2.48. The minimum absolute atomic E-state index is 0.208. The first kappa shape index (κ1) is 14.0. The first-order chi connectivity index (χ1) is 9.13. The van der Waals surface area contributed by atoms with Gasteiger partial charge in [-0.2, -0.15) is 5.10 Å². The van der Waals surface area contributed by atoms with Crippen molar-refractivity contribution in [2.75, 3.05) is 7.11 Å². The molecule has 1 aliphatic carbocycles. The third-order valence-electron chi connectivity index (χ3n) is 3.72. The van der Waals surface area contributed by atoms with Crippen molar-refractivity contribution in [2.24, 2.45) is 7.05 Å². The van der Waals surface area contributed by atoms with Crippen molar-refractivity contribution in [1.82, 2.24) is 15.1 Å². The van der Waals surface area contributed by atoms with Crippen molar-refractivity contribution in [3.63, 3.8) is 0 Å². The van der Waals surface area contributed by atoms with Crippen LogP contribution in [0.1, 0.15) is 36.2 Å². The number of rotatable bonds is 3. The molecule has 1 fully saturated rings. The summed E-state index contributed by atoms with van der Waals surface area (Å²) in [6, 6.07) is 1.39. The average Bonchev–Trinajstić information content (AvgIpc) is 2.75. The molecule has 0 unspecified atom stereocenters. The second kappa shape index (κ2) is 6.16. The van der Waals surface area contributed by atoms with Crippen LogP contribution in [0.25, 0.3) is 0 Å². The van der Waals surface area contributed by atoms with Crippen LogP contribution < -0.4 is 5.32 Å². The lowest BCUT2D eigenvalue weighted by molar-refractivity contribution is -0.0277. The molecule has 0 spiro atoms. The van der Waals surface area contributed by atoms with Gasteiger partial charge < -0.3 is 15.2 Å². The molecule has 1 heterocycles. The molecule has 0 aliphatic heterocycles. The van der Waals surface area contributed by atoms with Crippen LogP contribution >= 0.6 is 0 Å². The molecule has 0 radical (unpaired) electrons. The van der Waals surface area contributed by atoms with Crippen molar-refractivity contribution in [2.45, 2.75) is 43.9 Å². The van der Waals surface area contributed by atoms with Gasteiger partial charge in [0.2, 0.25) is 0 Å². The Morgan fingerprint density at radius 3 is 2.89 bits per heavy atom. The highest BCUT2D eigenvalue weighted by molar-refractivity contribution is 5.92. The number of aliphatic hydroxyl groups is 1. The van der Waals surface area contributed by atoms with Gasteiger partial charge in [-0.1, -0.05) is 12.8 Å². The van der Waals surface area contributed by atoms with E-state index in [1.165, 1.54) is 4.68 Å². The summed E-state index contributed by atoms with van der Waals surface area (Å²) in [7, 11) is 3.32. The summed E-state index contributed by atoms with van der Waals surface area (Å²) in [6.07, 6.45) is 4.29. The Hall–Kier alpha value is -1.40. The normalized spacial score (nSPS) is 27.8. The molecule has 0 aromatic carbocycles. The molecule has 1 aromatic heterocycles. The van der Waals surface area contributed by atoms with Gasteiger partial charge in [0.05, 0.1) is 12.1 Å². The van der Waals surface area contributed by atoms with Gasteiger partial charge in [0.1, 0.15) is 11.8 Å². The van der Waals surface area contributed by atoms with Crippen molar-refractivity contribution in [3.8, 4) is 0 Å². The zero-order valence-corrected chi connectivity index (χ0v) is 11.4. The van der Waals surface area contributed by atoms with Crippen LogP contribution in [0.4, 0.5) is 0 Å². The SMILES string of the molecule is CO[C@@H]1CCCC[C@@H](NC(=O)c2ccnn2C)[C@H]1O. The Balaban J connectivity index is 2.04. The molecule has 1 amide bonds. The lowest BCUT2D eigenvalue weighted by Gasteiger charge is -2.26. The molecular formula is C13H21N3O3. The zero-order chi connectivity index (χ0) is 13.8. The number of aryl methyl sites for hydroxylation is 1. The predicted octanol–water partition coefficient (Wildman–Crippen LogP) is 0.468. The van der Waals surface area contributed by atoms with E-state index in [1.807, 2.05) is 0 Å². The number of aliphatic hydroxyl groups excluding tert-OH is 1. The van der Waals surface area contributed by atoms with Crippen LogP contribution in [0.15, 0.2) is 12.3 Å². The zero-order valence-electron chi connectivity index (χ0n) is 11.4. The lowest BCUT2D eigenvalue weighted by atomic mass is 10.0. The van der Waals surface area contributed by atoms with E-state index in [-0.39, 0.29) is 18.1 Å². The van der Waals surface area contributed by atoms with Gasteiger partial charge in [-0.25, -0.2) is 0 Å². The van der Waals surface area contributed by atoms with Crippen LogP contribution in [0, 0.1) is 0 Å². The molecule has 6 nitrogen and oxygen atoms in total. The fourth-order valence-corrected chi connectivity index (χ4v) is 2.56. The maximum absolute atomic E-state index is 12.1. The largest absolute Gasteiger partial charge is 0.388 e. The number of nitrogens with zero attached hydrogens (tertiary/aromatic N) is 2. The molecule has 0 bridgehead atoms. The Morgan fingerprint density at radius 1 is 1.53 bits per heavy atom. The summed E-state index contributed by atoms with van der Waals surface area (Å²) in [5.41, 5.74) is 0.491. The summed E-state index contributed by atoms with van der Waals surface area (Å²) < 4.78 is 6.81. The van der Waals surface area contributed by atoms with E-state index < -0.39 is 6.10 Å². The summed E-state index contributed by atoms with van der Waals surface area (Å²) >= 11 is 0. The number of nitrogens with one attached hydrogen (secondary N) is 1. The maximum atomic E-state index is 12.1. The van der Waals surface area contributed by atoms with Gasteiger partial charge >= 0.3 is 0 Å². The Morgan fingerprint density at radius 2 is 2.26 bits per heavy atom. The fraction of sp³-hybridized carbons (Fsp3) is 0.692. The second-order valence-corrected chi connectivity index (χ2v) is 4.97. The van der Waals surface area contributed by atoms with Crippen LogP contribution in [0.5, 0.6) is 0 Å². The van der Waals surface area contributed by atoms with Gasteiger partial charge in [-0.05, 0) is 18.9 Å². The van der Waals surface area contributed by atoms with E-state index in [1.54, 1.807) is 26.4 Å². The number of ether oxygens (including phenoxy) is 1. The molecule has 2 N–H and O–H groups in total. The highest BCUT2D eigenvalue weighted by Crippen LogP contribution is 2.21. The van der Waals surface area contributed by atoms with E-state index in [2.05, 4.69) is 10.4 Å². The van der Waals surface area contributed by atoms with E-state index >= 15 is 0 Å². The van der Waals surface area contributed by atoms with Crippen LogP contribution in [-0.4, -0.2) is 46.2 Å². The number of hydrogen-bond donors (Lipinski definition) is 2. The number of carbonyl (C=O) groups is 1. The highest BCUT2D eigenvalue weighted by atomic mass is 16.5. The molecule has 106 valence electrons. The Labute approximate surface area is 112 Å². The quantitative estimate of drug-likeness (QED) is 0.780. The van der Waals surface area contributed by atoms with Crippen molar-refractivity contribution in [3.05, 3.63) is 18.0 Å². The number of methoxy groups -OCH3 is 1. The first-order valence-electron chi connectivity index (χ1n) is 6.63. The minimum atomic E-state index is -0.662. The molecule has 1 aliphatic rings. The Kier molecular flexibility index (Phi) is 4.55. The average molecular weight is 267 g/mol. The van der Waals surface area contributed by atoms with Crippen molar-refractivity contribution >= 4 is 5.91 Å². The standard InChI is InChI=1S/C13H21N3O3/c1-16-10(7-8-14-16)13(18)15-9-5-3-4-6-11(19-2)12(9)17/h7-9,11-12,17H,3-6H2,1-2H3,(H,15,18)/t9-,11-,12-/m1/s1. The fourth-order valence-electron chi connectivity index (χ4n) is 2.56. The van der Waals surface area contributed by atoms with Crippen LogP contribution in [0.2, 0.25) is 0 Å². The molecular weight excluding hydrogens is 246 g/mol. The van der Waals surface area contributed by atoms with Crippen LogP contribution in [-0.2, 0) is 11.8 Å². The highest BCUT2D eigenvalue weighted by Gasteiger charge is 2.31. The number of amides is 1. The van der Waals surface area contributed by atoms with Gasteiger partial charge in [-0.3, -0.25) is 9.48 Å². The molecule has 19 heavy (non-hydrogen) atoms. The topological polar surface area (TPSA) is 76.4 Å². The predicted molar refractivity (Wildman–Crippen MR) is 69.7 cm³/mol. The van der Waals surface area contributed by atoms with Gasteiger partial charge in [0.25, 0.3) is 5.91 Å². The monoisotopic (exact) mass is 267 g/mol.